The van der Waals surface area contributed by atoms with E-state index < -0.39 is 0 Å². The SMILES string of the molecule is CC(C)C(CNC(=O)NCC(C)(C)CCO)N1CCN(C)CC1. The largest absolute Gasteiger partial charge is 0.396 e. The van der Waals surface area contributed by atoms with Crippen LogP contribution in [0.2, 0.25) is 0 Å². The fourth-order valence-electron chi connectivity index (χ4n) is 2.91. The third-order valence-corrected chi connectivity index (χ3v) is 4.76. The van der Waals surface area contributed by atoms with Crippen LogP contribution in [0.15, 0.2) is 0 Å². The molecule has 0 aromatic heterocycles. The molecule has 0 aromatic rings. The van der Waals surface area contributed by atoms with E-state index in [2.05, 4.69) is 41.3 Å². The number of carbonyl (C=O) groups excluding carboxylic acids is 1. The van der Waals surface area contributed by atoms with Gasteiger partial charge in [0.1, 0.15) is 0 Å². The smallest absolute Gasteiger partial charge is 0.314 e. The zero-order valence-electron chi connectivity index (χ0n) is 15.6. The van der Waals surface area contributed by atoms with E-state index in [9.17, 15) is 4.79 Å². The number of aliphatic hydroxyl groups is 1. The van der Waals surface area contributed by atoms with Gasteiger partial charge in [0.05, 0.1) is 0 Å². The van der Waals surface area contributed by atoms with E-state index in [4.69, 9.17) is 5.11 Å². The van der Waals surface area contributed by atoms with Gasteiger partial charge in [-0.2, -0.15) is 0 Å². The van der Waals surface area contributed by atoms with Gasteiger partial charge in [-0.25, -0.2) is 4.79 Å². The highest BCUT2D eigenvalue weighted by Crippen LogP contribution is 2.18. The highest BCUT2D eigenvalue weighted by molar-refractivity contribution is 5.73. The summed E-state index contributed by atoms with van der Waals surface area (Å²) in [6.07, 6.45) is 0.684. The van der Waals surface area contributed by atoms with Crippen molar-refractivity contribution in [1.29, 1.82) is 0 Å². The topological polar surface area (TPSA) is 67.8 Å². The van der Waals surface area contributed by atoms with E-state index >= 15 is 0 Å². The summed E-state index contributed by atoms with van der Waals surface area (Å²) < 4.78 is 0. The maximum atomic E-state index is 12.0. The van der Waals surface area contributed by atoms with Gasteiger partial charge < -0.3 is 20.6 Å². The maximum Gasteiger partial charge on any atom is 0.314 e. The minimum absolute atomic E-state index is 0.0823. The first-order valence-corrected chi connectivity index (χ1v) is 8.80. The minimum atomic E-state index is -0.115. The van der Waals surface area contributed by atoms with Crippen molar-refractivity contribution in [3.05, 3.63) is 0 Å². The summed E-state index contributed by atoms with van der Waals surface area (Å²) in [4.78, 5) is 16.9. The number of aliphatic hydroxyl groups excluding tert-OH is 1. The number of carbonyl (C=O) groups is 1. The van der Waals surface area contributed by atoms with E-state index in [1.54, 1.807) is 0 Å². The third-order valence-electron chi connectivity index (χ3n) is 4.76. The Morgan fingerprint density at radius 3 is 2.30 bits per heavy atom. The molecule has 0 aliphatic carbocycles. The van der Waals surface area contributed by atoms with Gasteiger partial charge in [-0.05, 0) is 24.8 Å². The Kier molecular flexibility index (Phi) is 8.29. The molecular weight excluding hydrogens is 292 g/mol. The van der Waals surface area contributed by atoms with Crippen LogP contribution in [0.4, 0.5) is 4.79 Å². The Labute approximate surface area is 141 Å². The van der Waals surface area contributed by atoms with Gasteiger partial charge >= 0.3 is 6.03 Å². The summed E-state index contributed by atoms with van der Waals surface area (Å²) in [7, 11) is 2.15. The van der Waals surface area contributed by atoms with E-state index in [0.717, 1.165) is 26.2 Å². The Morgan fingerprint density at radius 2 is 1.78 bits per heavy atom. The Morgan fingerprint density at radius 1 is 1.17 bits per heavy atom. The lowest BCUT2D eigenvalue weighted by molar-refractivity contribution is 0.0886. The molecule has 2 amide bonds. The van der Waals surface area contributed by atoms with Crippen LogP contribution in [-0.2, 0) is 0 Å². The van der Waals surface area contributed by atoms with Gasteiger partial charge in [-0.3, -0.25) is 4.90 Å². The molecule has 6 heteroatoms. The van der Waals surface area contributed by atoms with Crippen LogP contribution in [0.5, 0.6) is 0 Å². The predicted molar refractivity (Wildman–Crippen MR) is 94.6 cm³/mol. The van der Waals surface area contributed by atoms with Crippen LogP contribution in [0.3, 0.4) is 0 Å². The second kappa shape index (κ2) is 9.45. The van der Waals surface area contributed by atoms with E-state index in [-0.39, 0.29) is 18.1 Å². The Hall–Kier alpha value is -0.850. The lowest BCUT2D eigenvalue weighted by atomic mass is 9.90. The number of likely N-dealkylation sites (N-methyl/N-ethyl adjacent to an activating group) is 1. The van der Waals surface area contributed by atoms with Crippen LogP contribution < -0.4 is 10.6 Å². The summed E-state index contributed by atoms with van der Waals surface area (Å²) in [5.41, 5.74) is -0.0823. The molecule has 1 heterocycles. The van der Waals surface area contributed by atoms with Gasteiger partial charge in [0.15, 0.2) is 0 Å². The quantitative estimate of drug-likeness (QED) is 0.621. The zero-order valence-corrected chi connectivity index (χ0v) is 15.6. The molecule has 1 fully saturated rings. The zero-order chi connectivity index (χ0) is 17.5. The lowest BCUT2D eigenvalue weighted by Gasteiger charge is -2.40. The number of nitrogens with zero attached hydrogens (tertiary/aromatic N) is 2. The van der Waals surface area contributed by atoms with Crippen molar-refractivity contribution in [2.45, 2.75) is 40.2 Å². The summed E-state index contributed by atoms with van der Waals surface area (Å²) >= 11 is 0. The fourth-order valence-corrected chi connectivity index (χ4v) is 2.91. The second-order valence-electron chi connectivity index (χ2n) is 7.85. The monoisotopic (exact) mass is 328 g/mol. The van der Waals surface area contributed by atoms with E-state index in [1.807, 2.05) is 13.8 Å². The molecular formula is C17H36N4O2. The Balaban J connectivity index is 2.38. The predicted octanol–water partition coefficient (Wildman–Crippen LogP) is 0.966. The molecule has 23 heavy (non-hydrogen) atoms. The molecule has 136 valence electrons. The molecule has 6 nitrogen and oxygen atoms in total. The number of rotatable bonds is 8. The molecule has 1 unspecified atom stereocenters. The van der Waals surface area contributed by atoms with Crippen molar-refractivity contribution in [2.24, 2.45) is 11.3 Å². The van der Waals surface area contributed by atoms with Gasteiger partial charge in [0.2, 0.25) is 0 Å². The highest BCUT2D eigenvalue weighted by atomic mass is 16.3. The first-order valence-electron chi connectivity index (χ1n) is 8.80. The van der Waals surface area contributed by atoms with Crippen LogP contribution >= 0.6 is 0 Å². The first-order chi connectivity index (χ1) is 10.7. The lowest BCUT2D eigenvalue weighted by Crippen LogP contribution is -2.55. The van der Waals surface area contributed by atoms with Crippen LogP contribution in [0.1, 0.15) is 34.1 Å². The van der Waals surface area contributed by atoms with Gasteiger partial charge in [-0.15, -0.1) is 0 Å². The minimum Gasteiger partial charge on any atom is -0.396 e. The number of hydrogen-bond donors (Lipinski definition) is 3. The molecule has 0 aromatic carbocycles. The van der Waals surface area contributed by atoms with Crippen molar-refractivity contribution in [1.82, 2.24) is 20.4 Å². The second-order valence-corrected chi connectivity index (χ2v) is 7.85. The van der Waals surface area contributed by atoms with Gasteiger partial charge in [0.25, 0.3) is 0 Å². The molecule has 3 N–H and O–H groups in total. The normalized spacial score (nSPS) is 18.9. The first kappa shape index (κ1) is 20.2. The number of piperazine rings is 1. The Bertz CT molecular complexity index is 353. The third kappa shape index (κ3) is 7.50. The van der Waals surface area contributed by atoms with E-state index in [1.165, 1.54) is 0 Å². The summed E-state index contributed by atoms with van der Waals surface area (Å²) in [6.45, 7) is 14.2. The molecule has 1 atom stereocenters. The molecule has 1 saturated heterocycles. The van der Waals surface area contributed by atoms with Crippen molar-refractivity contribution >= 4 is 6.03 Å². The standard InChI is InChI=1S/C17H36N4O2/c1-14(2)15(21-9-7-20(5)8-10-21)12-18-16(23)19-13-17(3,4)6-11-22/h14-15,22H,6-13H2,1-5H3,(H2,18,19,23). The summed E-state index contributed by atoms with van der Waals surface area (Å²) in [5, 5.41) is 15.0. The van der Waals surface area contributed by atoms with Crippen molar-refractivity contribution in [2.75, 3.05) is 52.9 Å². The molecule has 1 aliphatic heterocycles. The van der Waals surface area contributed by atoms with E-state index in [0.29, 0.717) is 31.5 Å². The van der Waals surface area contributed by atoms with Crippen molar-refractivity contribution in [3.8, 4) is 0 Å². The highest BCUT2D eigenvalue weighted by Gasteiger charge is 2.25. The molecule has 0 radical (unpaired) electrons. The number of nitrogens with one attached hydrogen (secondary N) is 2. The molecule has 0 bridgehead atoms. The average molecular weight is 329 g/mol. The number of amides is 2. The molecule has 0 spiro atoms. The van der Waals surface area contributed by atoms with Crippen molar-refractivity contribution < 1.29 is 9.90 Å². The molecule has 1 aliphatic rings. The molecule has 1 rings (SSSR count). The fraction of sp³-hybridized carbons (Fsp3) is 0.941. The maximum absolute atomic E-state index is 12.0. The van der Waals surface area contributed by atoms with Crippen LogP contribution in [-0.4, -0.2) is 79.9 Å². The van der Waals surface area contributed by atoms with Gasteiger partial charge in [0, 0.05) is 51.9 Å². The van der Waals surface area contributed by atoms with Crippen LogP contribution in [0, 0.1) is 11.3 Å². The van der Waals surface area contributed by atoms with Crippen molar-refractivity contribution in [3.63, 3.8) is 0 Å². The number of urea groups is 1. The number of hydrogen-bond acceptors (Lipinski definition) is 4. The summed E-state index contributed by atoms with van der Waals surface area (Å²) in [5.74, 6) is 0.504. The van der Waals surface area contributed by atoms with Crippen LogP contribution in [0.25, 0.3) is 0 Å². The van der Waals surface area contributed by atoms with Gasteiger partial charge in [-0.1, -0.05) is 27.7 Å². The average Bonchev–Trinajstić information content (AvgIpc) is 2.47. The summed E-state index contributed by atoms with van der Waals surface area (Å²) in [6, 6.07) is 0.260. The molecule has 0 saturated carbocycles.